The van der Waals surface area contributed by atoms with Crippen LogP contribution in [0.2, 0.25) is 0 Å². The maximum atomic E-state index is 12.3. The van der Waals surface area contributed by atoms with Crippen molar-refractivity contribution < 1.29 is 9.32 Å². The standard InChI is InChI=1S/C25H30N4O2/c1-17-14-18(23-20(15-17)25(2,3)16-22(30)26-23)8-9-28-10-12-29(13-11-28)24-19-6-4-5-7-21(19)31-27-24/h4-7,14-15H,8-13,16H2,1-3H3,(H,26,30). The minimum absolute atomic E-state index is 0.121. The van der Waals surface area contributed by atoms with E-state index in [4.69, 9.17) is 4.52 Å². The van der Waals surface area contributed by atoms with Crippen molar-refractivity contribution in [1.82, 2.24) is 10.1 Å². The van der Waals surface area contributed by atoms with Gasteiger partial charge in [-0.1, -0.05) is 48.8 Å². The van der Waals surface area contributed by atoms with Crippen molar-refractivity contribution in [2.24, 2.45) is 0 Å². The second kappa shape index (κ2) is 7.68. The third-order valence-corrected chi connectivity index (χ3v) is 6.69. The number of fused-ring (bicyclic) bond motifs is 2. The molecule has 6 heteroatoms. The Labute approximate surface area is 183 Å². The van der Waals surface area contributed by atoms with Gasteiger partial charge in [0.25, 0.3) is 0 Å². The Morgan fingerprint density at radius 2 is 1.90 bits per heavy atom. The molecule has 1 fully saturated rings. The molecule has 0 aliphatic carbocycles. The van der Waals surface area contributed by atoms with Crippen LogP contribution >= 0.6 is 0 Å². The number of aryl methyl sites for hydroxylation is 1. The Hall–Kier alpha value is -2.86. The van der Waals surface area contributed by atoms with Gasteiger partial charge in [-0.3, -0.25) is 9.69 Å². The molecule has 1 aromatic heterocycles. The molecule has 2 aliphatic heterocycles. The van der Waals surface area contributed by atoms with Gasteiger partial charge in [-0.15, -0.1) is 0 Å². The van der Waals surface area contributed by atoms with Crippen LogP contribution in [0.25, 0.3) is 11.0 Å². The molecule has 0 atom stereocenters. The van der Waals surface area contributed by atoms with E-state index in [1.807, 2.05) is 18.2 Å². The van der Waals surface area contributed by atoms with Gasteiger partial charge >= 0.3 is 0 Å². The van der Waals surface area contributed by atoms with Crippen LogP contribution in [-0.2, 0) is 16.6 Å². The summed E-state index contributed by atoms with van der Waals surface area (Å²) in [7, 11) is 0. The van der Waals surface area contributed by atoms with Crippen molar-refractivity contribution in [3.05, 3.63) is 53.1 Å². The van der Waals surface area contributed by atoms with Crippen LogP contribution < -0.4 is 10.2 Å². The van der Waals surface area contributed by atoms with Gasteiger partial charge in [-0.2, -0.15) is 0 Å². The average Bonchev–Trinajstić information content (AvgIpc) is 3.17. The molecule has 2 aromatic carbocycles. The number of hydrogen-bond donors (Lipinski definition) is 1. The lowest BCUT2D eigenvalue weighted by atomic mass is 9.76. The minimum Gasteiger partial charge on any atom is -0.354 e. The predicted octanol–water partition coefficient (Wildman–Crippen LogP) is 4.12. The normalized spacial score (nSPS) is 18.8. The summed E-state index contributed by atoms with van der Waals surface area (Å²) in [6, 6.07) is 12.5. The van der Waals surface area contributed by atoms with E-state index in [0.29, 0.717) is 6.42 Å². The van der Waals surface area contributed by atoms with E-state index < -0.39 is 0 Å². The number of carbonyl (C=O) groups excluding carboxylic acids is 1. The fourth-order valence-corrected chi connectivity index (χ4v) is 4.98. The molecule has 3 heterocycles. The zero-order valence-electron chi connectivity index (χ0n) is 18.6. The van der Waals surface area contributed by atoms with Gasteiger partial charge in [0, 0.05) is 50.2 Å². The third-order valence-electron chi connectivity index (χ3n) is 6.69. The third kappa shape index (κ3) is 3.81. The summed E-state index contributed by atoms with van der Waals surface area (Å²) in [5.74, 6) is 1.07. The monoisotopic (exact) mass is 418 g/mol. The Kier molecular flexibility index (Phi) is 4.97. The summed E-state index contributed by atoms with van der Waals surface area (Å²) in [6.45, 7) is 11.3. The molecule has 162 valence electrons. The number of para-hydroxylation sites is 1. The highest BCUT2D eigenvalue weighted by Gasteiger charge is 2.33. The van der Waals surface area contributed by atoms with E-state index in [9.17, 15) is 4.79 Å². The van der Waals surface area contributed by atoms with Crippen molar-refractivity contribution in [1.29, 1.82) is 0 Å². The quantitative estimate of drug-likeness (QED) is 0.691. The molecule has 0 spiro atoms. The first-order valence-corrected chi connectivity index (χ1v) is 11.2. The van der Waals surface area contributed by atoms with Crippen LogP contribution in [0.4, 0.5) is 11.5 Å². The number of aromatic nitrogens is 1. The molecule has 2 aliphatic rings. The van der Waals surface area contributed by atoms with Crippen LogP contribution in [0, 0.1) is 6.92 Å². The molecule has 1 N–H and O–H groups in total. The number of nitrogens with zero attached hydrogens (tertiary/aromatic N) is 3. The number of rotatable bonds is 4. The van der Waals surface area contributed by atoms with Gasteiger partial charge in [0.15, 0.2) is 11.4 Å². The van der Waals surface area contributed by atoms with Gasteiger partial charge in [0.1, 0.15) is 0 Å². The molecule has 0 radical (unpaired) electrons. The lowest BCUT2D eigenvalue weighted by Gasteiger charge is -2.36. The Morgan fingerprint density at radius 1 is 1.13 bits per heavy atom. The van der Waals surface area contributed by atoms with Crippen molar-refractivity contribution in [3.8, 4) is 0 Å². The Morgan fingerprint density at radius 3 is 2.71 bits per heavy atom. The highest BCUT2D eigenvalue weighted by atomic mass is 16.5. The Balaban J connectivity index is 1.26. The second-order valence-electron chi connectivity index (χ2n) is 9.54. The van der Waals surface area contributed by atoms with Crippen LogP contribution in [-0.4, -0.2) is 48.7 Å². The number of benzene rings is 2. The van der Waals surface area contributed by atoms with E-state index >= 15 is 0 Å². The fraction of sp³-hybridized carbons (Fsp3) is 0.440. The van der Waals surface area contributed by atoms with Crippen LogP contribution in [0.3, 0.4) is 0 Å². The summed E-state index contributed by atoms with van der Waals surface area (Å²) in [5.41, 5.74) is 5.55. The first-order chi connectivity index (χ1) is 14.9. The van der Waals surface area contributed by atoms with E-state index in [2.05, 4.69) is 59.2 Å². The zero-order chi connectivity index (χ0) is 21.6. The first kappa shape index (κ1) is 20.1. The smallest absolute Gasteiger partial charge is 0.225 e. The van der Waals surface area contributed by atoms with Gasteiger partial charge in [0.05, 0.1) is 5.39 Å². The summed E-state index contributed by atoms with van der Waals surface area (Å²) >= 11 is 0. The highest BCUT2D eigenvalue weighted by molar-refractivity contribution is 5.96. The maximum Gasteiger partial charge on any atom is 0.225 e. The van der Waals surface area contributed by atoms with Crippen molar-refractivity contribution in [3.63, 3.8) is 0 Å². The van der Waals surface area contributed by atoms with E-state index in [1.54, 1.807) is 0 Å². The number of anilines is 2. The second-order valence-corrected chi connectivity index (χ2v) is 9.54. The number of amides is 1. The van der Waals surface area contributed by atoms with Gasteiger partial charge in [-0.05, 0) is 36.6 Å². The maximum absolute atomic E-state index is 12.3. The van der Waals surface area contributed by atoms with Gasteiger partial charge in [-0.25, -0.2) is 0 Å². The van der Waals surface area contributed by atoms with Crippen LogP contribution in [0.15, 0.2) is 40.9 Å². The van der Waals surface area contributed by atoms with Gasteiger partial charge in [0.2, 0.25) is 5.91 Å². The number of nitrogens with one attached hydrogen (secondary N) is 1. The van der Waals surface area contributed by atoms with Crippen molar-refractivity contribution in [2.75, 3.05) is 42.9 Å². The number of hydrogen-bond acceptors (Lipinski definition) is 5. The van der Waals surface area contributed by atoms with Crippen molar-refractivity contribution >= 4 is 28.4 Å². The molecule has 1 amide bonds. The first-order valence-electron chi connectivity index (χ1n) is 11.2. The molecule has 31 heavy (non-hydrogen) atoms. The lowest BCUT2D eigenvalue weighted by Crippen LogP contribution is -2.47. The molecular weight excluding hydrogens is 388 g/mol. The van der Waals surface area contributed by atoms with E-state index in [-0.39, 0.29) is 11.3 Å². The largest absolute Gasteiger partial charge is 0.354 e. The SMILES string of the molecule is Cc1cc(CCN2CCN(c3noc4ccccc34)CC2)c2c(c1)C(C)(C)CC(=O)N2. The number of carbonyl (C=O) groups is 1. The predicted molar refractivity (Wildman–Crippen MR) is 124 cm³/mol. The molecule has 3 aromatic rings. The summed E-state index contributed by atoms with van der Waals surface area (Å²) in [6.07, 6.45) is 1.48. The molecule has 0 bridgehead atoms. The molecular formula is C25H30N4O2. The van der Waals surface area contributed by atoms with Crippen LogP contribution in [0.5, 0.6) is 0 Å². The zero-order valence-corrected chi connectivity index (χ0v) is 18.6. The van der Waals surface area contributed by atoms with Gasteiger partial charge < -0.3 is 14.7 Å². The lowest BCUT2D eigenvalue weighted by molar-refractivity contribution is -0.117. The molecule has 0 saturated carbocycles. The minimum atomic E-state index is -0.121. The van der Waals surface area contributed by atoms with Crippen molar-refractivity contribution in [2.45, 2.75) is 39.0 Å². The summed E-state index contributed by atoms with van der Waals surface area (Å²) in [5, 5.41) is 8.55. The summed E-state index contributed by atoms with van der Waals surface area (Å²) < 4.78 is 5.48. The van der Waals surface area contributed by atoms with Crippen LogP contribution in [0.1, 0.15) is 37.0 Å². The molecule has 0 unspecified atom stereocenters. The fourth-order valence-electron chi connectivity index (χ4n) is 4.98. The topological polar surface area (TPSA) is 61.6 Å². The molecule has 6 nitrogen and oxygen atoms in total. The van der Waals surface area contributed by atoms with E-state index in [1.165, 1.54) is 16.7 Å². The summed E-state index contributed by atoms with van der Waals surface area (Å²) in [4.78, 5) is 17.1. The van der Waals surface area contributed by atoms with E-state index in [0.717, 1.165) is 61.6 Å². The highest BCUT2D eigenvalue weighted by Crippen LogP contribution is 2.40. The average molecular weight is 419 g/mol. The molecule has 5 rings (SSSR count). The Bertz CT molecular complexity index is 1130. The molecule has 1 saturated heterocycles. The number of piperazine rings is 1.